The summed E-state index contributed by atoms with van der Waals surface area (Å²) in [6.07, 6.45) is 8.10. The van der Waals surface area contributed by atoms with Gasteiger partial charge in [0.1, 0.15) is 0 Å². The minimum atomic E-state index is 0.472. The van der Waals surface area contributed by atoms with E-state index in [0.29, 0.717) is 11.6 Å². The first-order valence-corrected chi connectivity index (χ1v) is 8.72. The Morgan fingerprint density at radius 3 is 2.70 bits per heavy atom. The van der Waals surface area contributed by atoms with Crippen molar-refractivity contribution in [2.45, 2.75) is 70.9 Å². The highest BCUT2D eigenvalue weighted by Gasteiger charge is 2.42. The fraction of sp³-hybridized carbons (Fsp3) is 1.00. The summed E-state index contributed by atoms with van der Waals surface area (Å²) in [5.74, 6) is 0.787. The highest BCUT2D eigenvalue weighted by Crippen LogP contribution is 2.37. The van der Waals surface area contributed by atoms with Gasteiger partial charge in [-0.05, 0) is 38.5 Å². The molecule has 1 aliphatic carbocycles. The molecule has 0 aromatic rings. The first-order valence-electron chi connectivity index (χ1n) is 8.72. The maximum atomic E-state index is 5.52. The molecule has 1 aliphatic heterocycles. The average Bonchev–Trinajstić information content (AvgIpc) is 2.87. The molecule has 1 saturated heterocycles. The molecule has 1 unspecified atom stereocenters. The van der Waals surface area contributed by atoms with Gasteiger partial charge in [0, 0.05) is 44.4 Å². The minimum Gasteiger partial charge on any atom is -0.382 e. The second-order valence-corrected chi connectivity index (χ2v) is 7.14. The molecule has 20 heavy (non-hydrogen) atoms. The second-order valence-electron chi connectivity index (χ2n) is 7.14. The predicted molar refractivity (Wildman–Crippen MR) is 85.1 cm³/mol. The van der Waals surface area contributed by atoms with E-state index in [0.717, 1.165) is 19.1 Å². The van der Waals surface area contributed by atoms with Crippen LogP contribution in [0.3, 0.4) is 0 Å². The van der Waals surface area contributed by atoms with Crippen LogP contribution in [-0.4, -0.2) is 49.3 Å². The van der Waals surface area contributed by atoms with Crippen molar-refractivity contribution in [1.82, 2.24) is 10.2 Å². The first-order chi connectivity index (χ1) is 9.66. The summed E-state index contributed by atoms with van der Waals surface area (Å²) >= 11 is 0. The van der Waals surface area contributed by atoms with Crippen LogP contribution < -0.4 is 5.32 Å². The van der Waals surface area contributed by atoms with Crippen LogP contribution in [0.5, 0.6) is 0 Å². The molecule has 3 nitrogen and oxygen atoms in total. The van der Waals surface area contributed by atoms with Crippen molar-refractivity contribution in [3.8, 4) is 0 Å². The molecular weight excluding hydrogens is 248 g/mol. The van der Waals surface area contributed by atoms with Crippen LogP contribution in [0.2, 0.25) is 0 Å². The Labute approximate surface area is 125 Å². The Morgan fingerprint density at radius 2 is 2.05 bits per heavy atom. The third kappa shape index (κ3) is 4.19. The number of hydrogen-bond acceptors (Lipinski definition) is 3. The largest absolute Gasteiger partial charge is 0.382 e. The zero-order valence-corrected chi connectivity index (χ0v) is 13.8. The molecule has 0 aromatic heterocycles. The van der Waals surface area contributed by atoms with Crippen molar-refractivity contribution in [2.24, 2.45) is 5.92 Å². The maximum absolute atomic E-state index is 5.52. The molecule has 2 rings (SSSR count). The lowest BCUT2D eigenvalue weighted by Gasteiger charge is -2.49. The van der Waals surface area contributed by atoms with Gasteiger partial charge in [0.2, 0.25) is 0 Å². The van der Waals surface area contributed by atoms with Crippen molar-refractivity contribution >= 4 is 0 Å². The summed E-state index contributed by atoms with van der Waals surface area (Å²) in [6.45, 7) is 12.2. The average molecular weight is 282 g/mol. The zero-order chi connectivity index (χ0) is 14.4. The van der Waals surface area contributed by atoms with Gasteiger partial charge in [-0.25, -0.2) is 0 Å². The van der Waals surface area contributed by atoms with Crippen molar-refractivity contribution in [3.63, 3.8) is 0 Å². The van der Waals surface area contributed by atoms with Gasteiger partial charge in [-0.1, -0.05) is 26.7 Å². The fourth-order valence-electron chi connectivity index (χ4n) is 4.05. The van der Waals surface area contributed by atoms with Crippen LogP contribution in [0.1, 0.15) is 59.3 Å². The van der Waals surface area contributed by atoms with Crippen molar-refractivity contribution in [2.75, 3.05) is 32.8 Å². The van der Waals surface area contributed by atoms with E-state index in [1.165, 1.54) is 58.2 Å². The molecule has 0 radical (unpaired) electrons. The van der Waals surface area contributed by atoms with Gasteiger partial charge in [-0.3, -0.25) is 4.90 Å². The minimum absolute atomic E-state index is 0.472. The van der Waals surface area contributed by atoms with E-state index in [-0.39, 0.29) is 0 Å². The fourth-order valence-corrected chi connectivity index (χ4v) is 4.05. The van der Waals surface area contributed by atoms with E-state index < -0.39 is 0 Å². The molecule has 2 aliphatic rings. The lowest BCUT2D eigenvalue weighted by Crippen LogP contribution is -2.63. The van der Waals surface area contributed by atoms with E-state index in [4.69, 9.17) is 4.74 Å². The van der Waals surface area contributed by atoms with Crippen LogP contribution in [0, 0.1) is 5.92 Å². The topological polar surface area (TPSA) is 24.5 Å². The van der Waals surface area contributed by atoms with E-state index >= 15 is 0 Å². The summed E-state index contributed by atoms with van der Waals surface area (Å²) in [4.78, 5) is 2.81. The van der Waals surface area contributed by atoms with Crippen LogP contribution >= 0.6 is 0 Å². The monoisotopic (exact) mass is 282 g/mol. The van der Waals surface area contributed by atoms with Crippen molar-refractivity contribution in [3.05, 3.63) is 0 Å². The van der Waals surface area contributed by atoms with Gasteiger partial charge >= 0.3 is 0 Å². The lowest BCUT2D eigenvalue weighted by molar-refractivity contribution is 0.0289. The molecule has 1 N–H and O–H groups in total. The van der Waals surface area contributed by atoms with E-state index in [1.54, 1.807) is 0 Å². The molecule has 118 valence electrons. The van der Waals surface area contributed by atoms with E-state index in [2.05, 4.69) is 31.0 Å². The Kier molecular flexibility index (Phi) is 6.31. The smallest absolute Gasteiger partial charge is 0.0478 e. The van der Waals surface area contributed by atoms with Gasteiger partial charge < -0.3 is 10.1 Å². The van der Waals surface area contributed by atoms with Crippen molar-refractivity contribution < 1.29 is 4.74 Å². The summed E-state index contributed by atoms with van der Waals surface area (Å²) in [7, 11) is 0. The van der Waals surface area contributed by atoms with Crippen LogP contribution in [-0.2, 0) is 4.74 Å². The number of rotatable bonds is 7. The highest BCUT2D eigenvalue weighted by atomic mass is 16.5. The first kappa shape index (κ1) is 16.3. The Hall–Kier alpha value is -0.120. The summed E-state index contributed by atoms with van der Waals surface area (Å²) in [6, 6.07) is 0.688. The zero-order valence-electron chi connectivity index (χ0n) is 13.8. The van der Waals surface area contributed by atoms with Crippen LogP contribution in [0.4, 0.5) is 0 Å². The number of piperazine rings is 1. The summed E-state index contributed by atoms with van der Waals surface area (Å²) in [5.41, 5.74) is 0.472. The van der Waals surface area contributed by atoms with Crippen molar-refractivity contribution in [1.29, 1.82) is 0 Å². The molecule has 1 saturated carbocycles. The molecular formula is C17H34N2O. The lowest BCUT2D eigenvalue weighted by atomic mass is 9.89. The number of nitrogens with zero attached hydrogens (tertiary/aromatic N) is 1. The molecule has 1 heterocycles. The molecule has 2 fully saturated rings. The molecule has 1 spiro atoms. The Bertz CT molecular complexity index is 274. The highest BCUT2D eigenvalue weighted by molar-refractivity contribution is 5.01. The molecule has 1 atom stereocenters. The van der Waals surface area contributed by atoms with Gasteiger partial charge in [-0.15, -0.1) is 0 Å². The Morgan fingerprint density at radius 1 is 1.30 bits per heavy atom. The third-order valence-corrected chi connectivity index (χ3v) is 5.04. The molecule has 3 heteroatoms. The number of nitrogens with one attached hydrogen (secondary N) is 1. The third-order valence-electron chi connectivity index (χ3n) is 5.04. The maximum Gasteiger partial charge on any atom is 0.0478 e. The molecule has 0 aromatic carbocycles. The Balaban J connectivity index is 1.89. The summed E-state index contributed by atoms with van der Waals surface area (Å²) < 4.78 is 5.52. The second kappa shape index (κ2) is 7.77. The summed E-state index contributed by atoms with van der Waals surface area (Å²) in [5, 5.41) is 3.84. The molecule has 0 bridgehead atoms. The molecule has 0 amide bonds. The van der Waals surface area contributed by atoms with Crippen LogP contribution in [0.15, 0.2) is 0 Å². The van der Waals surface area contributed by atoms with Gasteiger partial charge in [-0.2, -0.15) is 0 Å². The quantitative estimate of drug-likeness (QED) is 0.726. The van der Waals surface area contributed by atoms with Gasteiger partial charge in [0.15, 0.2) is 0 Å². The van der Waals surface area contributed by atoms with Gasteiger partial charge in [0.25, 0.3) is 0 Å². The predicted octanol–water partition coefficient (Wildman–Crippen LogP) is 3.05. The van der Waals surface area contributed by atoms with E-state index in [9.17, 15) is 0 Å². The normalized spacial score (nSPS) is 26.7. The number of hydrogen-bond donors (Lipinski definition) is 1. The number of ether oxygens (including phenoxy) is 1. The SMILES string of the molecule is CCOCCCN1CC(CC(C)C)NCC12CCCC2. The van der Waals surface area contributed by atoms with Gasteiger partial charge in [0.05, 0.1) is 0 Å². The van der Waals surface area contributed by atoms with Crippen LogP contribution in [0.25, 0.3) is 0 Å². The van der Waals surface area contributed by atoms with E-state index in [1.807, 2.05) is 0 Å². The standard InChI is InChI=1S/C17H34N2O/c1-4-20-11-7-10-19-13-16(12-15(2)3)18-14-17(19)8-5-6-9-17/h15-16,18H,4-14H2,1-3H3.